The highest BCUT2D eigenvalue weighted by atomic mass is 16.5. The molecular formula is C28H26N6O4. The number of anilines is 1. The zero-order chi connectivity index (χ0) is 26.3. The Bertz CT molecular complexity index is 1510. The number of aromatic nitrogens is 4. The number of hydrogen-bond acceptors (Lipinski definition) is 7. The summed E-state index contributed by atoms with van der Waals surface area (Å²) in [7, 11) is 3.15. The Morgan fingerprint density at radius 2 is 1.74 bits per heavy atom. The minimum Gasteiger partial charge on any atom is -0.493 e. The molecule has 0 fully saturated rings. The number of nitrogens with one attached hydrogen (secondary N) is 2. The SMILES string of the molecule is COc1ccc(-c2noc(-c3cn(Cc4ccc(NC(=O)NCc5ccccc5)cc4)cn3)n2)cc1OC. The molecule has 2 aromatic heterocycles. The molecule has 5 rings (SSSR count). The van der Waals surface area contributed by atoms with Crippen LogP contribution in [0.25, 0.3) is 23.0 Å². The minimum absolute atomic E-state index is 0.257. The quantitative estimate of drug-likeness (QED) is 0.287. The summed E-state index contributed by atoms with van der Waals surface area (Å²) in [4.78, 5) is 21.1. The van der Waals surface area contributed by atoms with Crippen LogP contribution in [0.15, 0.2) is 89.8 Å². The zero-order valence-electron chi connectivity index (χ0n) is 20.9. The normalized spacial score (nSPS) is 10.7. The Morgan fingerprint density at radius 1 is 0.947 bits per heavy atom. The van der Waals surface area contributed by atoms with Gasteiger partial charge >= 0.3 is 6.03 Å². The number of ether oxygens (including phenoxy) is 2. The molecule has 0 bridgehead atoms. The van der Waals surface area contributed by atoms with Gasteiger partial charge in [0.05, 0.1) is 20.5 Å². The fraction of sp³-hybridized carbons (Fsp3) is 0.143. The molecule has 0 aliphatic rings. The molecule has 2 amide bonds. The number of methoxy groups -OCH3 is 2. The summed E-state index contributed by atoms with van der Waals surface area (Å²) in [5, 5.41) is 9.77. The van der Waals surface area contributed by atoms with Gasteiger partial charge in [-0.3, -0.25) is 0 Å². The number of rotatable bonds is 9. The van der Waals surface area contributed by atoms with Crippen molar-refractivity contribution in [1.82, 2.24) is 25.0 Å². The summed E-state index contributed by atoms with van der Waals surface area (Å²) in [6.07, 6.45) is 3.55. The highest BCUT2D eigenvalue weighted by Gasteiger charge is 2.15. The molecule has 0 aliphatic carbocycles. The van der Waals surface area contributed by atoms with Crippen LogP contribution in [0.4, 0.5) is 10.5 Å². The number of imidazole rings is 1. The van der Waals surface area contributed by atoms with Crippen molar-refractivity contribution < 1.29 is 18.8 Å². The summed E-state index contributed by atoms with van der Waals surface area (Å²) in [6, 6.07) is 22.5. The molecule has 10 nitrogen and oxygen atoms in total. The number of urea groups is 1. The maximum absolute atomic E-state index is 12.2. The molecule has 3 aromatic carbocycles. The van der Waals surface area contributed by atoms with Crippen LogP contribution in [0.1, 0.15) is 11.1 Å². The maximum Gasteiger partial charge on any atom is 0.319 e. The van der Waals surface area contributed by atoms with E-state index in [2.05, 4.69) is 25.8 Å². The van der Waals surface area contributed by atoms with Gasteiger partial charge in [-0.05, 0) is 41.5 Å². The first-order chi connectivity index (χ1) is 18.6. The lowest BCUT2D eigenvalue weighted by Gasteiger charge is -2.09. The van der Waals surface area contributed by atoms with Gasteiger partial charge in [0, 0.05) is 30.5 Å². The van der Waals surface area contributed by atoms with Crippen LogP contribution in [0.3, 0.4) is 0 Å². The summed E-state index contributed by atoms with van der Waals surface area (Å²) in [5.74, 6) is 1.93. The van der Waals surface area contributed by atoms with Crippen molar-refractivity contribution in [2.24, 2.45) is 0 Å². The van der Waals surface area contributed by atoms with Crippen LogP contribution < -0.4 is 20.1 Å². The van der Waals surface area contributed by atoms with Crippen molar-refractivity contribution in [2.45, 2.75) is 13.1 Å². The van der Waals surface area contributed by atoms with E-state index in [9.17, 15) is 4.79 Å². The van der Waals surface area contributed by atoms with Gasteiger partial charge in [-0.1, -0.05) is 47.6 Å². The van der Waals surface area contributed by atoms with E-state index in [1.165, 1.54) is 0 Å². The first-order valence-corrected chi connectivity index (χ1v) is 11.9. The Morgan fingerprint density at radius 3 is 2.50 bits per heavy atom. The number of amides is 2. The van der Waals surface area contributed by atoms with Gasteiger partial charge in [0.1, 0.15) is 5.69 Å². The molecule has 0 atom stereocenters. The lowest BCUT2D eigenvalue weighted by molar-refractivity contribution is 0.251. The largest absolute Gasteiger partial charge is 0.493 e. The first-order valence-electron chi connectivity index (χ1n) is 11.9. The third-order valence-corrected chi connectivity index (χ3v) is 5.79. The molecule has 0 unspecified atom stereocenters. The predicted molar refractivity (Wildman–Crippen MR) is 142 cm³/mol. The predicted octanol–water partition coefficient (Wildman–Crippen LogP) is 4.99. The van der Waals surface area contributed by atoms with Crippen LogP contribution in [-0.4, -0.2) is 39.9 Å². The van der Waals surface area contributed by atoms with Crippen molar-refractivity contribution in [3.63, 3.8) is 0 Å². The highest BCUT2D eigenvalue weighted by molar-refractivity contribution is 5.89. The van der Waals surface area contributed by atoms with E-state index in [-0.39, 0.29) is 6.03 Å². The Kier molecular flexibility index (Phi) is 7.30. The summed E-state index contributed by atoms with van der Waals surface area (Å²) >= 11 is 0. The smallest absolute Gasteiger partial charge is 0.319 e. The summed E-state index contributed by atoms with van der Waals surface area (Å²) < 4.78 is 18.0. The fourth-order valence-electron chi connectivity index (χ4n) is 3.83. The molecule has 38 heavy (non-hydrogen) atoms. The lowest BCUT2D eigenvalue weighted by Crippen LogP contribution is -2.28. The molecule has 0 saturated heterocycles. The van der Waals surface area contributed by atoms with Crippen LogP contribution >= 0.6 is 0 Å². The van der Waals surface area contributed by atoms with Crippen molar-refractivity contribution in [3.05, 3.63) is 96.4 Å². The van der Waals surface area contributed by atoms with Crippen LogP contribution in [0.2, 0.25) is 0 Å². The van der Waals surface area contributed by atoms with Gasteiger partial charge in [-0.2, -0.15) is 4.98 Å². The molecule has 0 radical (unpaired) electrons. The number of nitrogens with zero attached hydrogens (tertiary/aromatic N) is 4. The van der Waals surface area contributed by atoms with E-state index < -0.39 is 0 Å². The van der Waals surface area contributed by atoms with Gasteiger partial charge in [-0.15, -0.1) is 0 Å². The molecular weight excluding hydrogens is 484 g/mol. The average molecular weight is 511 g/mol. The molecule has 2 heterocycles. The van der Waals surface area contributed by atoms with Gasteiger partial charge in [0.15, 0.2) is 11.5 Å². The van der Waals surface area contributed by atoms with Crippen molar-refractivity contribution in [3.8, 4) is 34.5 Å². The van der Waals surface area contributed by atoms with Gasteiger partial charge in [-0.25, -0.2) is 9.78 Å². The zero-order valence-corrected chi connectivity index (χ0v) is 20.9. The van der Waals surface area contributed by atoms with Gasteiger partial charge in [0.25, 0.3) is 5.89 Å². The molecule has 2 N–H and O–H groups in total. The van der Waals surface area contributed by atoms with E-state index in [0.29, 0.717) is 47.7 Å². The number of benzene rings is 3. The summed E-state index contributed by atoms with van der Waals surface area (Å²) in [6.45, 7) is 1.05. The number of hydrogen-bond donors (Lipinski definition) is 2. The van der Waals surface area contributed by atoms with Crippen molar-refractivity contribution in [1.29, 1.82) is 0 Å². The van der Waals surface area contributed by atoms with Crippen LogP contribution in [0.5, 0.6) is 11.5 Å². The maximum atomic E-state index is 12.2. The fourth-order valence-corrected chi connectivity index (χ4v) is 3.83. The van der Waals surface area contributed by atoms with Crippen molar-refractivity contribution >= 4 is 11.7 Å². The Labute approximate surface area is 219 Å². The van der Waals surface area contributed by atoms with Crippen LogP contribution in [-0.2, 0) is 13.1 Å². The molecule has 0 saturated carbocycles. The lowest BCUT2D eigenvalue weighted by atomic mass is 10.2. The highest BCUT2D eigenvalue weighted by Crippen LogP contribution is 2.31. The monoisotopic (exact) mass is 510 g/mol. The topological polar surface area (TPSA) is 116 Å². The minimum atomic E-state index is -0.257. The molecule has 192 valence electrons. The van der Waals surface area contributed by atoms with E-state index in [1.807, 2.05) is 71.4 Å². The molecule has 0 spiro atoms. The van der Waals surface area contributed by atoms with E-state index in [4.69, 9.17) is 14.0 Å². The number of carbonyl (C=O) groups excluding carboxylic acids is 1. The van der Waals surface area contributed by atoms with Crippen molar-refractivity contribution in [2.75, 3.05) is 19.5 Å². The Balaban J connectivity index is 1.18. The van der Waals surface area contributed by atoms with E-state index >= 15 is 0 Å². The second kappa shape index (κ2) is 11.3. The Hall–Kier alpha value is -5.12. The molecule has 5 aromatic rings. The second-order valence-electron chi connectivity index (χ2n) is 8.41. The standard InChI is InChI=1S/C28H26N6O4/c1-36-24-13-10-21(14-25(24)37-2)26-32-27(38-33-26)23-17-34(18-30-23)16-20-8-11-22(12-9-20)31-28(35)29-15-19-6-4-3-5-7-19/h3-14,17-18H,15-16H2,1-2H3,(H2,29,31,35). The number of carbonyl (C=O) groups is 1. The summed E-state index contributed by atoms with van der Waals surface area (Å²) in [5.41, 5.74) is 4.09. The second-order valence-corrected chi connectivity index (χ2v) is 8.41. The average Bonchev–Trinajstić information content (AvgIpc) is 3.63. The van der Waals surface area contributed by atoms with E-state index in [1.54, 1.807) is 32.7 Å². The first kappa shape index (κ1) is 24.6. The molecule has 0 aliphatic heterocycles. The molecule has 10 heteroatoms. The van der Waals surface area contributed by atoms with Gasteiger partial charge < -0.3 is 29.2 Å². The van der Waals surface area contributed by atoms with E-state index in [0.717, 1.165) is 16.7 Å². The third kappa shape index (κ3) is 5.81. The van der Waals surface area contributed by atoms with Crippen LogP contribution in [0, 0.1) is 0 Å². The third-order valence-electron chi connectivity index (χ3n) is 5.79. The van der Waals surface area contributed by atoms with Gasteiger partial charge in [0.2, 0.25) is 5.82 Å².